The predicted octanol–water partition coefficient (Wildman–Crippen LogP) is 5.36. The zero-order chi connectivity index (χ0) is 23.8. The molecule has 1 unspecified atom stereocenters. The number of fused-ring (bicyclic) bond motifs is 1. The van der Waals surface area contributed by atoms with Crippen molar-refractivity contribution in [2.75, 3.05) is 37.6 Å². The van der Waals surface area contributed by atoms with Gasteiger partial charge in [0, 0.05) is 37.8 Å². The lowest BCUT2D eigenvalue weighted by atomic mass is 9.69. The van der Waals surface area contributed by atoms with Crippen LogP contribution in [-0.2, 0) is 11.2 Å². The molecule has 0 saturated carbocycles. The zero-order valence-electron chi connectivity index (χ0n) is 20.3. The number of likely N-dealkylation sites (tertiary alicyclic amines) is 1. The molecule has 2 fully saturated rings. The number of phenols is 1. The number of rotatable bonds is 5. The molecule has 2 aliphatic heterocycles. The Labute approximate surface area is 208 Å². The second kappa shape index (κ2) is 9.16. The van der Waals surface area contributed by atoms with Gasteiger partial charge in [0.15, 0.2) is 0 Å². The molecule has 1 spiro atoms. The van der Waals surface area contributed by atoms with E-state index in [9.17, 15) is 9.90 Å². The molecule has 1 aliphatic carbocycles. The van der Waals surface area contributed by atoms with E-state index in [0.717, 1.165) is 45.3 Å². The Morgan fingerprint density at radius 1 is 0.914 bits per heavy atom. The maximum atomic E-state index is 10.8. The summed E-state index contributed by atoms with van der Waals surface area (Å²) in [6.07, 6.45) is 5.53. The monoisotopic (exact) mass is 466 g/mol. The van der Waals surface area contributed by atoms with E-state index in [1.807, 2.05) is 12.1 Å². The van der Waals surface area contributed by atoms with Gasteiger partial charge < -0.3 is 14.8 Å². The van der Waals surface area contributed by atoms with Crippen LogP contribution in [0.15, 0.2) is 72.8 Å². The minimum Gasteiger partial charge on any atom is -0.508 e. The van der Waals surface area contributed by atoms with Gasteiger partial charge in [0.2, 0.25) is 0 Å². The van der Waals surface area contributed by atoms with Crippen LogP contribution >= 0.6 is 0 Å². The van der Waals surface area contributed by atoms with Crippen molar-refractivity contribution >= 4 is 12.0 Å². The molecule has 2 saturated heterocycles. The normalized spacial score (nSPS) is 23.5. The minimum absolute atomic E-state index is 0.291. The Hall–Kier alpha value is -3.11. The molecule has 3 aliphatic rings. The fraction of sp³-hybridized carbons (Fsp3) is 0.387. The number of nitrogens with zero attached hydrogens (tertiary/aromatic N) is 2. The molecule has 6 rings (SSSR count). The Morgan fingerprint density at radius 3 is 2.37 bits per heavy atom. The highest BCUT2D eigenvalue weighted by molar-refractivity contribution is 5.53. The number of carbonyl (C=O) groups is 1. The SMILES string of the molecule is O=CCN1CC2(CCN(c3ccc([C@H]4c5ccc(O)cc5CCC4c4ccccc4)cc3)CC2)C1. The number of carbonyl (C=O) groups excluding carboxylic acids is 1. The molecule has 3 aromatic rings. The molecule has 1 N–H and O–H groups in total. The minimum atomic E-state index is 0.291. The second-order valence-electron chi connectivity index (χ2n) is 10.8. The van der Waals surface area contributed by atoms with E-state index in [-0.39, 0.29) is 0 Å². The van der Waals surface area contributed by atoms with Gasteiger partial charge in [-0.25, -0.2) is 0 Å². The van der Waals surface area contributed by atoms with Crippen molar-refractivity contribution in [3.05, 3.63) is 95.1 Å². The highest BCUT2D eigenvalue weighted by Crippen LogP contribution is 2.47. The molecule has 0 amide bonds. The summed E-state index contributed by atoms with van der Waals surface area (Å²) in [4.78, 5) is 15.6. The first-order valence-corrected chi connectivity index (χ1v) is 13.0. The average molecular weight is 467 g/mol. The number of aryl methyl sites for hydroxylation is 1. The van der Waals surface area contributed by atoms with Crippen LogP contribution in [0.3, 0.4) is 0 Å². The van der Waals surface area contributed by atoms with Crippen LogP contribution in [0.2, 0.25) is 0 Å². The second-order valence-corrected chi connectivity index (χ2v) is 10.8. The van der Waals surface area contributed by atoms with Crippen molar-refractivity contribution in [2.45, 2.75) is 37.5 Å². The number of hydrogen-bond donors (Lipinski definition) is 1. The van der Waals surface area contributed by atoms with E-state index < -0.39 is 0 Å². The van der Waals surface area contributed by atoms with Crippen molar-refractivity contribution in [2.24, 2.45) is 5.41 Å². The van der Waals surface area contributed by atoms with Crippen LogP contribution in [0, 0.1) is 5.41 Å². The first-order chi connectivity index (χ1) is 17.1. The molecule has 2 heterocycles. The molecular formula is C31H34N2O2. The van der Waals surface area contributed by atoms with Crippen LogP contribution in [0.5, 0.6) is 5.75 Å². The molecule has 35 heavy (non-hydrogen) atoms. The maximum absolute atomic E-state index is 10.8. The Morgan fingerprint density at radius 2 is 1.66 bits per heavy atom. The quantitative estimate of drug-likeness (QED) is 0.515. The topological polar surface area (TPSA) is 43.8 Å². The Bertz CT molecular complexity index is 1170. The lowest BCUT2D eigenvalue weighted by Crippen LogP contribution is -2.60. The van der Waals surface area contributed by atoms with E-state index in [2.05, 4.69) is 70.5 Å². The van der Waals surface area contributed by atoms with Crippen LogP contribution < -0.4 is 4.90 Å². The molecular weight excluding hydrogens is 432 g/mol. The molecule has 0 bridgehead atoms. The van der Waals surface area contributed by atoms with Gasteiger partial charge in [0.1, 0.15) is 12.0 Å². The van der Waals surface area contributed by atoms with Crippen LogP contribution in [-0.4, -0.2) is 49.0 Å². The molecule has 180 valence electrons. The van der Waals surface area contributed by atoms with E-state index in [4.69, 9.17) is 0 Å². The number of anilines is 1. The van der Waals surface area contributed by atoms with Gasteiger partial charge in [-0.05, 0) is 83.5 Å². The summed E-state index contributed by atoms with van der Waals surface area (Å²) in [5.74, 6) is 1.08. The fourth-order valence-corrected chi connectivity index (χ4v) is 6.86. The fourth-order valence-electron chi connectivity index (χ4n) is 6.86. The van der Waals surface area contributed by atoms with Gasteiger partial charge in [-0.2, -0.15) is 0 Å². The molecule has 3 aromatic carbocycles. The predicted molar refractivity (Wildman–Crippen MR) is 140 cm³/mol. The maximum Gasteiger partial charge on any atom is 0.133 e. The van der Waals surface area contributed by atoms with E-state index >= 15 is 0 Å². The number of aromatic hydroxyl groups is 1. The van der Waals surface area contributed by atoms with Crippen molar-refractivity contribution in [1.29, 1.82) is 0 Å². The van der Waals surface area contributed by atoms with Gasteiger partial charge in [0.05, 0.1) is 6.54 Å². The molecule has 4 heteroatoms. The standard InChI is InChI=1S/C31H34N2O2/c34-19-18-32-21-31(22-32)14-16-33(17-15-31)26-9-6-24(7-10-26)30-28(23-4-2-1-3-5-23)12-8-25-20-27(35)11-13-29(25)30/h1-7,9-11,13,19-20,28,30,35H,8,12,14-18,21-22H2/t28?,30-/m1/s1. The Kier molecular flexibility index (Phi) is 5.85. The number of hydrogen-bond acceptors (Lipinski definition) is 4. The molecule has 2 atom stereocenters. The summed E-state index contributed by atoms with van der Waals surface area (Å²) in [6, 6.07) is 26.1. The van der Waals surface area contributed by atoms with Crippen LogP contribution in [0.25, 0.3) is 0 Å². The van der Waals surface area contributed by atoms with Crippen LogP contribution in [0.1, 0.15) is 53.4 Å². The van der Waals surface area contributed by atoms with Crippen molar-refractivity contribution < 1.29 is 9.90 Å². The Balaban J connectivity index is 1.23. The van der Waals surface area contributed by atoms with E-state index in [1.165, 1.54) is 40.8 Å². The van der Waals surface area contributed by atoms with Gasteiger partial charge >= 0.3 is 0 Å². The summed E-state index contributed by atoms with van der Waals surface area (Å²) < 4.78 is 0. The molecule has 0 radical (unpaired) electrons. The van der Waals surface area contributed by atoms with Crippen LogP contribution in [0.4, 0.5) is 5.69 Å². The van der Waals surface area contributed by atoms with Gasteiger partial charge in [-0.15, -0.1) is 0 Å². The highest BCUT2D eigenvalue weighted by atomic mass is 16.3. The first kappa shape index (κ1) is 22.4. The number of phenolic OH excluding ortho intramolecular Hbond substituents is 1. The smallest absolute Gasteiger partial charge is 0.133 e. The highest BCUT2D eigenvalue weighted by Gasteiger charge is 2.44. The molecule has 4 nitrogen and oxygen atoms in total. The average Bonchev–Trinajstić information content (AvgIpc) is 2.88. The third-order valence-electron chi connectivity index (χ3n) is 8.71. The number of piperidine rings is 1. The van der Waals surface area contributed by atoms with E-state index in [1.54, 1.807) is 0 Å². The summed E-state index contributed by atoms with van der Waals surface area (Å²) in [7, 11) is 0. The lowest BCUT2D eigenvalue weighted by Gasteiger charge is -2.54. The number of aldehydes is 1. The van der Waals surface area contributed by atoms with Gasteiger partial charge in [-0.1, -0.05) is 48.5 Å². The van der Waals surface area contributed by atoms with Crippen molar-refractivity contribution in [3.8, 4) is 5.75 Å². The van der Waals surface area contributed by atoms with Crippen molar-refractivity contribution in [1.82, 2.24) is 4.90 Å². The number of benzene rings is 3. The third-order valence-corrected chi connectivity index (χ3v) is 8.71. The lowest BCUT2D eigenvalue weighted by molar-refractivity contribution is -0.112. The van der Waals surface area contributed by atoms with Crippen molar-refractivity contribution in [3.63, 3.8) is 0 Å². The van der Waals surface area contributed by atoms with Gasteiger partial charge in [0.25, 0.3) is 0 Å². The van der Waals surface area contributed by atoms with E-state index in [0.29, 0.717) is 29.5 Å². The summed E-state index contributed by atoms with van der Waals surface area (Å²) in [6.45, 7) is 4.92. The summed E-state index contributed by atoms with van der Waals surface area (Å²) in [5, 5.41) is 10.1. The summed E-state index contributed by atoms with van der Waals surface area (Å²) >= 11 is 0. The molecule has 0 aromatic heterocycles. The van der Waals surface area contributed by atoms with Gasteiger partial charge in [-0.3, -0.25) is 4.90 Å². The third kappa shape index (κ3) is 4.25. The largest absolute Gasteiger partial charge is 0.508 e. The first-order valence-electron chi connectivity index (χ1n) is 13.0. The summed E-state index contributed by atoms with van der Waals surface area (Å²) in [5.41, 5.74) is 7.11. The zero-order valence-corrected chi connectivity index (χ0v) is 20.3.